The first-order chi connectivity index (χ1) is 9.08. The van der Waals surface area contributed by atoms with Crippen LogP contribution in [0.2, 0.25) is 0 Å². The Morgan fingerprint density at radius 3 is 2.79 bits per heavy atom. The van der Waals surface area contributed by atoms with E-state index in [1.807, 2.05) is 37.3 Å². The number of nitrogens with zero attached hydrogens (tertiary/aromatic N) is 1. The average Bonchev–Trinajstić information content (AvgIpc) is 2.37. The fourth-order valence-corrected chi connectivity index (χ4v) is 2.56. The van der Waals surface area contributed by atoms with E-state index < -0.39 is 11.9 Å². The molecule has 3 nitrogen and oxygen atoms in total. The molecule has 1 aromatic heterocycles. The van der Waals surface area contributed by atoms with Crippen molar-refractivity contribution < 1.29 is 9.90 Å². The summed E-state index contributed by atoms with van der Waals surface area (Å²) in [7, 11) is 0. The van der Waals surface area contributed by atoms with Crippen molar-refractivity contribution in [3.8, 4) is 0 Å². The fraction of sp³-hybridized carbons (Fsp3) is 0.200. The van der Waals surface area contributed by atoms with E-state index in [4.69, 9.17) is 0 Å². The van der Waals surface area contributed by atoms with Gasteiger partial charge in [-0.25, -0.2) is 0 Å². The Balaban J connectivity index is 2.32. The van der Waals surface area contributed by atoms with Crippen LogP contribution in [0.3, 0.4) is 0 Å². The van der Waals surface area contributed by atoms with Crippen LogP contribution < -0.4 is 0 Å². The van der Waals surface area contributed by atoms with Gasteiger partial charge < -0.3 is 5.11 Å². The maximum atomic E-state index is 11.5. The van der Waals surface area contributed by atoms with Gasteiger partial charge in [-0.1, -0.05) is 29.8 Å². The quantitative estimate of drug-likeness (QED) is 0.937. The number of benzene rings is 1. The number of aliphatic carboxylic acids is 1. The number of pyridine rings is 1. The summed E-state index contributed by atoms with van der Waals surface area (Å²) in [5, 5.41) is 9.42. The van der Waals surface area contributed by atoms with Gasteiger partial charge in [0.05, 0.1) is 5.69 Å². The number of aromatic nitrogens is 1. The van der Waals surface area contributed by atoms with Crippen molar-refractivity contribution in [2.75, 3.05) is 0 Å². The Morgan fingerprint density at radius 1 is 1.37 bits per heavy atom. The van der Waals surface area contributed by atoms with Crippen molar-refractivity contribution in [3.63, 3.8) is 0 Å². The largest absolute Gasteiger partial charge is 0.481 e. The summed E-state index contributed by atoms with van der Waals surface area (Å²) < 4.78 is 0.732. The lowest BCUT2D eigenvalue weighted by Gasteiger charge is -2.13. The van der Waals surface area contributed by atoms with Gasteiger partial charge in [-0.3, -0.25) is 9.78 Å². The molecule has 19 heavy (non-hydrogen) atoms. The standard InChI is InChI=1S/C15H14BrNO2/c1-10-4-2-5-11(8-10)9-12(15(18)19)14-13(16)6-3-7-17-14/h2-8,12H,9H2,1H3,(H,18,19). The molecule has 0 bridgehead atoms. The maximum Gasteiger partial charge on any atom is 0.312 e. The Kier molecular flexibility index (Phi) is 4.32. The van der Waals surface area contributed by atoms with Gasteiger partial charge in [0.2, 0.25) is 0 Å². The van der Waals surface area contributed by atoms with Crippen LogP contribution in [0.5, 0.6) is 0 Å². The molecule has 0 fully saturated rings. The summed E-state index contributed by atoms with van der Waals surface area (Å²) in [4.78, 5) is 15.7. The third kappa shape index (κ3) is 3.41. The van der Waals surface area contributed by atoms with E-state index in [1.165, 1.54) is 0 Å². The highest BCUT2D eigenvalue weighted by Crippen LogP contribution is 2.26. The smallest absolute Gasteiger partial charge is 0.312 e. The molecule has 0 saturated heterocycles. The molecule has 0 aliphatic heterocycles. The molecule has 98 valence electrons. The number of hydrogen-bond acceptors (Lipinski definition) is 2. The lowest BCUT2D eigenvalue weighted by atomic mass is 9.95. The second kappa shape index (κ2) is 5.97. The highest BCUT2D eigenvalue weighted by molar-refractivity contribution is 9.10. The summed E-state index contributed by atoms with van der Waals surface area (Å²) >= 11 is 3.37. The number of rotatable bonds is 4. The van der Waals surface area contributed by atoms with Crippen molar-refractivity contribution in [3.05, 3.63) is 63.9 Å². The van der Waals surface area contributed by atoms with E-state index in [0.717, 1.165) is 15.6 Å². The Labute approximate surface area is 120 Å². The molecule has 2 aromatic rings. The SMILES string of the molecule is Cc1cccc(CC(C(=O)O)c2ncccc2Br)c1. The maximum absolute atomic E-state index is 11.5. The van der Waals surface area contributed by atoms with Crippen molar-refractivity contribution in [1.82, 2.24) is 4.98 Å². The molecule has 4 heteroatoms. The van der Waals surface area contributed by atoms with Crippen LogP contribution in [0.15, 0.2) is 47.1 Å². The van der Waals surface area contributed by atoms with Gasteiger partial charge in [0.1, 0.15) is 5.92 Å². The van der Waals surface area contributed by atoms with Crippen LogP contribution in [0.1, 0.15) is 22.7 Å². The topological polar surface area (TPSA) is 50.2 Å². The highest BCUT2D eigenvalue weighted by atomic mass is 79.9. The molecular weight excluding hydrogens is 306 g/mol. The number of aryl methyl sites for hydroxylation is 1. The normalized spacial score (nSPS) is 12.1. The number of carboxylic acid groups (broad SMARTS) is 1. The molecule has 0 amide bonds. The predicted octanol–water partition coefficient (Wildman–Crippen LogP) is 3.56. The minimum Gasteiger partial charge on any atom is -0.481 e. The van der Waals surface area contributed by atoms with Crippen LogP contribution in [0.25, 0.3) is 0 Å². The molecule has 0 radical (unpaired) electrons. The van der Waals surface area contributed by atoms with Crippen LogP contribution in [0, 0.1) is 6.92 Å². The molecular formula is C15H14BrNO2. The molecule has 0 spiro atoms. The summed E-state index contributed by atoms with van der Waals surface area (Å²) in [6.45, 7) is 2.00. The molecule has 0 aliphatic rings. The Hall–Kier alpha value is -1.68. The van der Waals surface area contributed by atoms with Crippen LogP contribution in [-0.4, -0.2) is 16.1 Å². The minimum atomic E-state index is -0.860. The highest BCUT2D eigenvalue weighted by Gasteiger charge is 2.23. The van der Waals surface area contributed by atoms with Crippen LogP contribution >= 0.6 is 15.9 Å². The zero-order valence-corrected chi connectivity index (χ0v) is 12.1. The van der Waals surface area contributed by atoms with Crippen molar-refractivity contribution in [2.45, 2.75) is 19.3 Å². The minimum absolute atomic E-state index is 0.437. The van der Waals surface area contributed by atoms with Crippen molar-refractivity contribution >= 4 is 21.9 Å². The molecule has 1 unspecified atom stereocenters. The molecule has 0 aliphatic carbocycles. The van der Waals surface area contributed by atoms with Gasteiger partial charge in [-0.15, -0.1) is 0 Å². The molecule has 0 saturated carbocycles. The van der Waals surface area contributed by atoms with Gasteiger partial charge in [-0.05, 0) is 47.0 Å². The first-order valence-electron chi connectivity index (χ1n) is 5.96. The summed E-state index contributed by atoms with van der Waals surface area (Å²) in [5.74, 6) is -1.50. The second-order valence-corrected chi connectivity index (χ2v) is 5.31. The monoisotopic (exact) mass is 319 g/mol. The molecule has 1 heterocycles. The molecule has 2 rings (SSSR count). The lowest BCUT2D eigenvalue weighted by molar-refractivity contribution is -0.138. The molecule has 1 atom stereocenters. The van der Waals surface area contributed by atoms with E-state index in [-0.39, 0.29) is 0 Å². The van der Waals surface area contributed by atoms with E-state index in [0.29, 0.717) is 12.1 Å². The lowest BCUT2D eigenvalue weighted by Crippen LogP contribution is -2.16. The number of hydrogen-bond donors (Lipinski definition) is 1. The second-order valence-electron chi connectivity index (χ2n) is 4.45. The molecule has 1 aromatic carbocycles. The van der Waals surface area contributed by atoms with E-state index in [1.54, 1.807) is 12.3 Å². The van der Waals surface area contributed by atoms with Gasteiger partial charge in [0.15, 0.2) is 0 Å². The predicted molar refractivity (Wildman–Crippen MR) is 77.2 cm³/mol. The number of halogens is 1. The zero-order valence-electron chi connectivity index (χ0n) is 10.5. The molecule has 1 N–H and O–H groups in total. The number of carboxylic acids is 1. The average molecular weight is 320 g/mol. The first kappa shape index (κ1) is 13.7. The number of carbonyl (C=O) groups is 1. The summed E-state index contributed by atoms with van der Waals surface area (Å²) in [6.07, 6.45) is 2.05. The Morgan fingerprint density at radius 2 is 2.16 bits per heavy atom. The first-order valence-corrected chi connectivity index (χ1v) is 6.76. The third-order valence-corrected chi connectivity index (χ3v) is 3.61. The van der Waals surface area contributed by atoms with E-state index in [2.05, 4.69) is 20.9 Å². The summed E-state index contributed by atoms with van der Waals surface area (Å²) in [6, 6.07) is 11.5. The van der Waals surface area contributed by atoms with Crippen LogP contribution in [-0.2, 0) is 11.2 Å². The van der Waals surface area contributed by atoms with Crippen molar-refractivity contribution in [1.29, 1.82) is 0 Å². The summed E-state index contributed by atoms with van der Waals surface area (Å²) in [5.41, 5.74) is 2.70. The van der Waals surface area contributed by atoms with Crippen molar-refractivity contribution in [2.24, 2.45) is 0 Å². The van der Waals surface area contributed by atoms with E-state index in [9.17, 15) is 9.90 Å². The van der Waals surface area contributed by atoms with E-state index >= 15 is 0 Å². The third-order valence-electron chi connectivity index (χ3n) is 2.94. The zero-order chi connectivity index (χ0) is 13.8. The van der Waals surface area contributed by atoms with Gasteiger partial charge >= 0.3 is 5.97 Å². The van der Waals surface area contributed by atoms with Gasteiger partial charge in [0.25, 0.3) is 0 Å². The van der Waals surface area contributed by atoms with Crippen LogP contribution in [0.4, 0.5) is 0 Å². The fourth-order valence-electron chi connectivity index (χ4n) is 2.03. The van der Waals surface area contributed by atoms with Gasteiger partial charge in [0, 0.05) is 10.7 Å². The Bertz CT molecular complexity index is 598. The van der Waals surface area contributed by atoms with Gasteiger partial charge in [-0.2, -0.15) is 0 Å².